The lowest BCUT2D eigenvalue weighted by Crippen LogP contribution is -2.30. The number of halogens is 1. The summed E-state index contributed by atoms with van der Waals surface area (Å²) in [5.41, 5.74) is 1.09. The van der Waals surface area contributed by atoms with Crippen LogP contribution in [0.25, 0.3) is 0 Å². The zero-order valence-corrected chi connectivity index (χ0v) is 8.88. The predicted molar refractivity (Wildman–Crippen MR) is 58.2 cm³/mol. The van der Waals surface area contributed by atoms with Crippen molar-refractivity contribution in [3.8, 4) is 6.07 Å². The molecule has 0 heterocycles. The van der Waals surface area contributed by atoms with Crippen molar-refractivity contribution < 1.29 is 9.18 Å². The summed E-state index contributed by atoms with van der Waals surface area (Å²) in [7, 11) is 0. The topological polar surface area (TPSA) is 64.9 Å². The highest BCUT2D eigenvalue weighted by atomic mass is 19.1. The highest BCUT2D eigenvalue weighted by molar-refractivity contribution is 5.80. The van der Waals surface area contributed by atoms with Crippen molar-refractivity contribution in [2.24, 2.45) is 0 Å². The third kappa shape index (κ3) is 3.58. The molecule has 0 saturated carbocycles. The molecule has 1 rings (SSSR count). The molecule has 0 aromatic heterocycles. The maximum Gasteiger partial charge on any atom is 0.240 e. The molecule has 1 amide bonds. The first-order chi connectivity index (χ1) is 7.63. The largest absolute Gasteiger partial charge is 0.374 e. The molecule has 5 heteroatoms. The fourth-order valence-electron chi connectivity index (χ4n) is 1.14. The summed E-state index contributed by atoms with van der Waals surface area (Å²) in [4.78, 5) is 11.1. The van der Waals surface area contributed by atoms with E-state index < -0.39 is 5.82 Å². The van der Waals surface area contributed by atoms with Gasteiger partial charge in [0.2, 0.25) is 5.91 Å². The van der Waals surface area contributed by atoms with Crippen LogP contribution >= 0.6 is 0 Å². The lowest BCUT2D eigenvalue weighted by Gasteiger charge is -2.07. The second-order valence-corrected chi connectivity index (χ2v) is 3.27. The van der Waals surface area contributed by atoms with Crippen LogP contribution in [-0.4, -0.2) is 19.0 Å². The van der Waals surface area contributed by atoms with Crippen molar-refractivity contribution in [3.63, 3.8) is 0 Å². The average Bonchev–Trinajstić information content (AvgIpc) is 2.25. The normalized spacial score (nSPS) is 9.31. The number of aryl methyl sites for hydroxylation is 1. The van der Waals surface area contributed by atoms with E-state index in [-0.39, 0.29) is 24.7 Å². The van der Waals surface area contributed by atoms with Crippen molar-refractivity contribution in [2.45, 2.75) is 6.92 Å². The maximum atomic E-state index is 13.3. The first kappa shape index (κ1) is 12.0. The lowest BCUT2D eigenvalue weighted by atomic mass is 10.2. The Labute approximate surface area is 93.1 Å². The molecule has 0 atom stereocenters. The Kier molecular flexibility index (Phi) is 4.28. The highest BCUT2D eigenvalue weighted by Gasteiger charge is 2.04. The van der Waals surface area contributed by atoms with Crippen LogP contribution < -0.4 is 10.6 Å². The summed E-state index contributed by atoms with van der Waals surface area (Å²) in [6.45, 7) is 1.69. The van der Waals surface area contributed by atoms with Gasteiger partial charge in [0, 0.05) is 0 Å². The number of rotatable bonds is 4. The molecule has 0 aliphatic heterocycles. The summed E-state index contributed by atoms with van der Waals surface area (Å²) in [6.07, 6.45) is 0. The van der Waals surface area contributed by atoms with Gasteiger partial charge in [-0.05, 0) is 24.6 Å². The second kappa shape index (κ2) is 5.71. The smallest absolute Gasteiger partial charge is 0.240 e. The van der Waals surface area contributed by atoms with E-state index >= 15 is 0 Å². The maximum absolute atomic E-state index is 13.3. The standard InChI is InChI=1S/C11H12FN3O/c1-8-2-3-10(9(12)6-8)15-7-11(16)14-5-4-13/h2-3,6,15H,5,7H2,1H3,(H,14,16). The van der Waals surface area contributed by atoms with Crippen molar-refractivity contribution in [1.29, 1.82) is 5.26 Å². The third-order valence-electron chi connectivity index (χ3n) is 1.93. The molecule has 0 fully saturated rings. The molecule has 0 spiro atoms. The Morgan fingerprint density at radius 1 is 1.56 bits per heavy atom. The molecule has 0 aliphatic carbocycles. The van der Waals surface area contributed by atoms with Crippen LogP contribution in [0.3, 0.4) is 0 Å². The van der Waals surface area contributed by atoms with Gasteiger partial charge in [0.15, 0.2) is 0 Å². The minimum atomic E-state index is -0.395. The van der Waals surface area contributed by atoms with Gasteiger partial charge in [-0.3, -0.25) is 4.79 Å². The number of carbonyl (C=O) groups is 1. The van der Waals surface area contributed by atoms with E-state index in [9.17, 15) is 9.18 Å². The van der Waals surface area contributed by atoms with Crippen molar-refractivity contribution in [3.05, 3.63) is 29.6 Å². The predicted octanol–water partition coefficient (Wildman–Crippen LogP) is 1.19. The van der Waals surface area contributed by atoms with E-state index in [1.54, 1.807) is 25.1 Å². The molecule has 2 N–H and O–H groups in total. The van der Waals surface area contributed by atoms with E-state index in [0.717, 1.165) is 5.56 Å². The molecule has 84 valence electrons. The zero-order chi connectivity index (χ0) is 12.0. The van der Waals surface area contributed by atoms with Crippen LogP contribution in [0.1, 0.15) is 5.56 Å². The van der Waals surface area contributed by atoms with Gasteiger partial charge < -0.3 is 10.6 Å². The van der Waals surface area contributed by atoms with Crippen LogP contribution in [0.4, 0.5) is 10.1 Å². The molecule has 1 aromatic rings. The molecule has 0 unspecified atom stereocenters. The molecule has 0 bridgehead atoms. The average molecular weight is 221 g/mol. The van der Waals surface area contributed by atoms with Gasteiger partial charge >= 0.3 is 0 Å². The monoisotopic (exact) mass is 221 g/mol. The zero-order valence-electron chi connectivity index (χ0n) is 8.88. The Bertz CT molecular complexity index is 426. The van der Waals surface area contributed by atoms with Crippen molar-refractivity contribution in [1.82, 2.24) is 5.32 Å². The number of hydrogen-bond donors (Lipinski definition) is 2. The van der Waals surface area contributed by atoms with Gasteiger partial charge in [0.25, 0.3) is 0 Å². The van der Waals surface area contributed by atoms with Gasteiger partial charge in [-0.2, -0.15) is 5.26 Å². The van der Waals surface area contributed by atoms with E-state index in [4.69, 9.17) is 5.26 Å². The molecular weight excluding hydrogens is 209 g/mol. The fraction of sp³-hybridized carbons (Fsp3) is 0.273. The Hall–Kier alpha value is -2.09. The highest BCUT2D eigenvalue weighted by Crippen LogP contribution is 2.14. The number of nitrogens with one attached hydrogen (secondary N) is 2. The molecule has 16 heavy (non-hydrogen) atoms. The van der Waals surface area contributed by atoms with Crippen LogP contribution in [0.5, 0.6) is 0 Å². The number of anilines is 1. The number of amides is 1. The summed E-state index contributed by atoms with van der Waals surface area (Å²) in [6, 6.07) is 6.49. The van der Waals surface area contributed by atoms with Crippen LogP contribution in [0, 0.1) is 24.1 Å². The molecule has 0 saturated heterocycles. The summed E-state index contributed by atoms with van der Waals surface area (Å²) in [5.74, 6) is -0.741. The number of benzene rings is 1. The quantitative estimate of drug-likeness (QED) is 0.750. The van der Waals surface area contributed by atoms with E-state index in [0.29, 0.717) is 0 Å². The minimum Gasteiger partial charge on any atom is -0.374 e. The molecule has 0 aliphatic rings. The Morgan fingerprint density at radius 2 is 2.31 bits per heavy atom. The number of nitriles is 1. The summed E-state index contributed by atoms with van der Waals surface area (Å²) in [5, 5.41) is 13.2. The van der Waals surface area contributed by atoms with Gasteiger partial charge in [0.1, 0.15) is 12.4 Å². The summed E-state index contributed by atoms with van der Waals surface area (Å²) >= 11 is 0. The molecule has 1 aromatic carbocycles. The number of carbonyl (C=O) groups excluding carboxylic acids is 1. The first-order valence-corrected chi connectivity index (χ1v) is 4.77. The van der Waals surface area contributed by atoms with E-state index in [2.05, 4.69) is 10.6 Å². The van der Waals surface area contributed by atoms with Gasteiger partial charge in [-0.1, -0.05) is 6.07 Å². The molecule has 0 radical (unpaired) electrons. The van der Waals surface area contributed by atoms with Crippen LogP contribution in [-0.2, 0) is 4.79 Å². The molecule has 4 nitrogen and oxygen atoms in total. The minimum absolute atomic E-state index is 0.0447. The van der Waals surface area contributed by atoms with Gasteiger partial charge in [-0.15, -0.1) is 0 Å². The lowest BCUT2D eigenvalue weighted by molar-refractivity contribution is -0.119. The number of nitrogens with zero attached hydrogens (tertiary/aromatic N) is 1. The van der Waals surface area contributed by atoms with Gasteiger partial charge in [0.05, 0.1) is 18.3 Å². The third-order valence-corrected chi connectivity index (χ3v) is 1.93. The van der Waals surface area contributed by atoms with E-state index in [1.807, 2.05) is 0 Å². The first-order valence-electron chi connectivity index (χ1n) is 4.77. The summed E-state index contributed by atoms with van der Waals surface area (Å²) < 4.78 is 13.3. The van der Waals surface area contributed by atoms with Gasteiger partial charge in [-0.25, -0.2) is 4.39 Å². The van der Waals surface area contributed by atoms with Crippen LogP contribution in [0.15, 0.2) is 18.2 Å². The van der Waals surface area contributed by atoms with Crippen molar-refractivity contribution >= 4 is 11.6 Å². The van der Waals surface area contributed by atoms with E-state index in [1.165, 1.54) is 6.07 Å². The van der Waals surface area contributed by atoms with Crippen LogP contribution in [0.2, 0.25) is 0 Å². The SMILES string of the molecule is Cc1ccc(NCC(=O)NCC#N)c(F)c1. The molecular formula is C11H12FN3O. The second-order valence-electron chi connectivity index (χ2n) is 3.27. The number of hydrogen-bond acceptors (Lipinski definition) is 3. The fourth-order valence-corrected chi connectivity index (χ4v) is 1.14. The van der Waals surface area contributed by atoms with Crippen molar-refractivity contribution in [2.75, 3.05) is 18.4 Å². The Morgan fingerprint density at radius 3 is 2.94 bits per heavy atom. The Balaban J connectivity index is 2.49.